The zero-order valence-corrected chi connectivity index (χ0v) is 14.9. The van der Waals surface area contributed by atoms with Crippen LogP contribution >= 0.6 is 12.2 Å². The van der Waals surface area contributed by atoms with Crippen molar-refractivity contribution in [3.05, 3.63) is 45.0 Å². The summed E-state index contributed by atoms with van der Waals surface area (Å²) in [6.07, 6.45) is 1.03. The Morgan fingerprint density at radius 3 is 2.67 bits per heavy atom. The first-order valence-electron chi connectivity index (χ1n) is 8.05. The van der Waals surface area contributed by atoms with Crippen molar-refractivity contribution in [3.63, 3.8) is 0 Å². The van der Waals surface area contributed by atoms with Crippen LogP contribution in [-0.4, -0.2) is 34.3 Å². The molecule has 1 atom stereocenters. The number of H-pyrrole nitrogens is 1. The van der Waals surface area contributed by atoms with Gasteiger partial charge >= 0.3 is 0 Å². The Labute approximate surface area is 146 Å². The third kappa shape index (κ3) is 2.97. The van der Waals surface area contributed by atoms with Crippen LogP contribution in [0.1, 0.15) is 25.8 Å². The van der Waals surface area contributed by atoms with Crippen LogP contribution in [-0.2, 0) is 6.54 Å². The van der Waals surface area contributed by atoms with Crippen LogP contribution < -0.4 is 15.6 Å². The molecule has 2 N–H and O–H groups in total. The van der Waals surface area contributed by atoms with Gasteiger partial charge in [-0.3, -0.25) is 19.2 Å². The zero-order chi connectivity index (χ0) is 17.3. The van der Waals surface area contributed by atoms with E-state index in [0.717, 1.165) is 23.7 Å². The van der Waals surface area contributed by atoms with Crippen molar-refractivity contribution < 1.29 is 4.74 Å². The average Bonchev–Trinajstić information content (AvgIpc) is 2.61. The van der Waals surface area contributed by atoms with Gasteiger partial charge in [0.1, 0.15) is 11.6 Å². The van der Waals surface area contributed by atoms with Gasteiger partial charge in [-0.05, 0) is 49.8 Å². The molecule has 7 heteroatoms. The summed E-state index contributed by atoms with van der Waals surface area (Å²) in [4.78, 5) is 17.4. The Balaban J connectivity index is 2.09. The molecule has 0 radical (unpaired) electrons. The fourth-order valence-corrected chi connectivity index (χ4v) is 3.18. The van der Waals surface area contributed by atoms with Gasteiger partial charge in [0.15, 0.2) is 4.77 Å². The maximum atomic E-state index is 12.4. The number of anilines is 1. The molecule has 6 nitrogen and oxygen atoms in total. The zero-order valence-electron chi connectivity index (χ0n) is 14.1. The van der Waals surface area contributed by atoms with Crippen LogP contribution in [0.5, 0.6) is 5.75 Å². The summed E-state index contributed by atoms with van der Waals surface area (Å²) in [5.74, 6) is 1.55. The second-order valence-corrected chi connectivity index (χ2v) is 6.35. The standard InChI is InChI=1S/C17H22N4O2S/c1-4-11(2)20-9-14-15(18-10-20)21(17(24)19-16(14)22)12-5-7-13(23-3)8-6-12/h5-8,11,18H,4,9-10H2,1-3H3,(H,19,22,24)/t11-/m1/s1. The second-order valence-electron chi connectivity index (χ2n) is 5.96. The average molecular weight is 346 g/mol. The number of benzene rings is 1. The third-order valence-corrected chi connectivity index (χ3v) is 4.85. The van der Waals surface area contributed by atoms with E-state index in [-0.39, 0.29) is 5.56 Å². The highest BCUT2D eigenvalue weighted by molar-refractivity contribution is 7.71. The number of hydrogen-bond acceptors (Lipinski definition) is 5. The van der Waals surface area contributed by atoms with Gasteiger partial charge in [-0.15, -0.1) is 0 Å². The molecule has 0 saturated carbocycles. The van der Waals surface area contributed by atoms with Crippen LogP contribution in [0.2, 0.25) is 0 Å². The molecule has 1 aliphatic rings. The van der Waals surface area contributed by atoms with Crippen LogP contribution in [0.15, 0.2) is 29.1 Å². The first-order chi connectivity index (χ1) is 11.5. The predicted molar refractivity (Wildman–Crippen MR) is 97.6 cm³/mol. The predicted octanol–water partition coefficient (Wildman–Crippen LogP) is 2.89. The van der Waals surface area contributed by atoms with Crippen LogP contribution in [0.25, 0.3) is 5.69 Å². The highest BCUT2D eigenvalue weighted by Crippen LogP contribution is 2.25. The molecule has 3 rings (SSSR count). The summed E-state index contributed by atoms with van der Waals surface area (Å²) in [6.45, 7) is 5.61. The normalized spacial score (nSPS) is 15.5. The Morgan fingerprint density at radius 1 is 1.33 bits per heavy atom. The van der Waals surface area contributed by atoms with Crippen molar-refractivity contribution >= 4 is 18.0 Å². The van der Waals surface area contributed by atoms with E-state index < -0.39 is 0 Å². The minimum absolute atomic E-state index is 0.125. The molecule has 0 bridgehead atoms. The quantitative estimate of drug-likeness (QED) is 0.834. The van der Waals surface area contributed by atoms with E-state index in [4.69, 9.17) is 17.0 Å². The van der Waals surface area contributed by atoms with E-state index >= 15 is 0 Å². The highest BCUT2D eigenvalue weighted by atomic mass is 32.1. The fourth-order valence-electron chi connectivity index (χ4n) is 2.89. The van der Waals surface area contributed by atoms with Crippen molar-refractivity contribution in [2.75, 3.05) is 19.1 Å². The summed E-state index contributed by atoms with van der Waals surface area (Å²) in [6, 6.07) is 8.01. The number of aromatic nitrogens is 2. The van der Waals surface area contributed by atoms with Crippen LogP contribution in [0.3, 0.4) is 0 Å². The molecule has 0 saturated heterocycles. The lowest BCUT2D eigenvalue weighted by Gasteiger charge is -2.34. The number of hydrogen-bond donors (Lipinski definition) is 2. The smallest absolute Gasteiger partial charge is 0.258 e. The summed E-state index contributed by atoms with van der Waals surface area (Å²) < 4.78 is 7.46. The maximum Gasteiger partial charge on any atom is 0.258 e. The Hall–Kier alpha value is -2.12. The van der Waals surface area contributed by atoms with E-state index in [9.17, 15) is 4.79 Å². The lowest BCUT2D eigenvalue weighted by atomic mass is 10.1. The van der Waals surface area contributed by atoms with Crippen molar-refractivity contribution in [2.24, 2.45) is 0 Å². The first-order valence-corrected chi connectivity index (χ1v) is 8.46. The lowest BCUT2D eigenvalue weighted by molar-refractivity contribution is 0.200. The molecule has 0 fully saturated rings. The number of nitrogens with one attached hydrogen (secondary N) is 2. The summed E-state index contributed by atoms with van der Waals surface area (Å²) in [5, 5.41) is 3.38. The lowest BCUT2D eigenvalue weighted by Crippen LogP contribution is -2.43. The Morgan fingerprint density at radius 2 is 2.04 bits per heavy atom. The molecule has 1 aromatic carbocycles. The van der Waals surface area contributed by atoms with Crippen molar-refractivity contribution in [2.45, 2.75) is 32.9 Å². The van der Waals surface area contributed by atoms with Gasteiger partial charge in [0, 0.05) is 12.6 Å². The largest absolute Gasteiger partial charge is 0.497 e. The molecular weight excluding hydrogens is 324 g/mol. The molecule has 128 valence electrons. The van der Waals surface area contributed by atoms with Crippen molar-refractivity contribution in [1.82, 2.24) is 14.5 Å². The number of ether oxygens (including phenoxy) is 1. The molecule has 0 aliphatic carbocycles. The van der Waals surface area contributed by atoms with Crippen molar-refractivity contribution in [3.8, 4) is 11.4 Å². The second kappa shape index (κ2) is 6.78. The van der Waals surface area contributed by atoms with E-state index in [1.54, 1.807) is 7.11 Å². The molecular formula is C17H22N4O2S. The maximum absolute atomic E-state index is 12.4. The van der Waals surface area contributed by atoms with Gasteiger partial charge in [0.2, 0.25) is 0 Å². The molecule has 2 heterocycles. The van der Waals surface area contributed by atoms with Gasteiger partial charge in [0.25, 0.3) is 5.56 Å². The summed E-state index contributed by atoms with van der Waals surface area (Å²) in [5.41, 5.74) is 1.48. The van der Waals surface area contributed by atoms with Gasteiger partial charge in [-0.1, -0.05) is 6.92 Å². The van der Waals surface area contributed by atoms with Gasteiger partial charge in [-0.2, -0.15) is 0 Å². The number of aromatic amines is 1. The van der Waals surface area contributed by atoms with E-state index in [0.29, 0.717) is 29.6 Å². The minimum Gasteiger partial charge on any atom is -0.497 e. The monoisotopic (exact) mass is 346 g/mol. The molecule has 0 spiro atoms. The molecule has 24 heavy (non-hydrogen) atoms. The first kappa shape index (κ1) is 16.7. The number of nitrogens with zero attached hydrogens (tertiary/aromatic N) is 2. The highest BCUT2D eigenvalue weighted by Gasteiger charge is 2.24. The summed E-state index contributed by atoms with van der Waals surface area (Å²) >= 11 is 5.39. The minimum atomic E-state index is -0.125. The fraction of sp³-hybridized carbons (Fsp3) is 0.412. The topological polar surface area (TPSA) is 62.3 Å². The van der Waals surface area contributed by atoms with Crippen molar-refractivity contribution in [1.29, 1.82) is 0 Å². The molecule has 2 aromatic rings. The van der Waals surface area contributed by atoms with E-state index in [1.807, 2.05) is 28.8 Å². The number of methoxy groups -OCH3 is 1. The molecule has 1 aliphatic heterocycles. The summed E-state index contributed by atoms with van der Waals surface area (Å²) in [7, 11) is 1.63. The Bertz CT molecular complexity index is 841. The van der Waals surface area contributed by atoms with Gasteiger partial charge < -0.3 is 10.1 Å². The number of fused-ring (bicyclic) bond motifs is 1. The van der Waals surface area contributed by atoms with E-state index in [2.05, 4.69) is 29.0 Å². The Kier molecular flexibility index (Phi) is 4.73. The molecule has 1 aromatic heterocycles. The number of rotatable bonds is 4. The van der Waals surface area contributed by atoms with E-state index in [1.165, 1.54) is 0 Å². The van der Waals surface area contributed by atoms with Gasteiger partial charge in [-0.25, -0.2) is 0 Å². The van der Waals surface area contributed by atoms with Crippen LogP contribution in [0, 0.1) is 4.77 Å². The van der Waals surface area contributed by atoms with Crippen LogP contribution in [0.4, 0.5) is 5.82 Å². The molecule has 0 amide bonds. The van der Waals surface area contributed by atoms with Gasteiger partial charge in [0.05, 0.1) is 25.0 Å². The third-order valence-electron chi connectivity index (χ3n) is 4.56. The SMILES string of the molecule is CC[C@@H](C)N1CNc2c(c(=O)[nH]c(=S)n2-c2ccc(OC)cc2)C1. The molecule has 0 unspecified atom stereocenters.